The Balaban J connectivity index is 1.33. The minimum Gasteiger partial charge on any atom is -0.303 e. The van der Waals surface area contributed by atoms with Crippen LogP contribution in [0.3, 0.4) is 0 Å². The summed E-state index contributed by atoms with van der Waals surface area (Å²) in [5.41, 5.74) is 0. The summed E-state index contributed by atoms with van der Waals surface area (Å²) in [5.74, 6) is 5.07. The quantitative estimate of drug-likeness (QED) is 0.736. The fourth-order valence-electron chi connectivity index (χ4n) is 5.26. The van der Waals surface area contributed by atoms with Crippen molar-refractivity contribution in [3.63, 3.8) is 0 Å². The van der Waals surface area contributed by atoms with Crippen molar-refractivity contribution in [3.8, 4) is 0 Å². The molecular formula is C21H40N2. The van der Waals surface area contributed by atoms with Crippen LogP contribution < -0.4 is 0 Å². The molecule has 0 bridgehead atoms. The van der Waals surface area contributed by atoms with Gasteiger partial charge < -0.3 is 9.80 Å². The van der Waals surface area contributed by atoms with Gasteiger partial charge in [0.2, 0.25) is 0 Å². The minimum atomic E-state index is 0.740. The molecule has 3 fully saturated rings. The van der Waals surface area contributed by atoms with Gasteiger partial charge in [-0.2, -0.15) is 0 Å². The number of nitrogens with zero attached hydrogens (tertiary/aromatic N) is 2. The van der Waals surface area contributed by atoms with Gasteiger partial charge >= 0.3 is 0 Å². The zero-order chi connectivity index (χ0) is 16.4. The van der Waals surface area contributed by atoms with Gasteiger partial charge in [-0.15, -0.1) is 0 Å². The largest absolute Gasteiger partial charge is 0.303 e. The number of likely N-dealkylation sites (tertiary alicyclic amines) is 2. The van der Waals surface area contributed by atoms with Crippen LogP contribution in [-0.2, 0) is 0 Å². The third-order valence-corrected chi connectivity index (χ3v) is 7.35. The third-order valence-electron chi connectivity index (χ3n) is 7.35. The molecule has 0 aromatic carbocycles. The van der Waals surface area contributed by atoms with Crippen LogP contribution in [0.5, 0.6) is 0 Å². The molecule has 3 rings (SSSR count). The van der Waals surface area contributed by atoms with E-state index in [1.54, 1.807) is 0 Å². The summed E-state index contributed by atoms with van der Waals surface area (Å²) < 4.78 is 0. The van der Waals surface area contributed by atoms with E-state index in [2.05, 4.69) is 37.5 Å². The van der Waals surface area contributed by atoms with Gasteiger partial charge in [-0.05, 0) is 108 Å². The molecule has 0 N–H and O–H groups in total. The van der Waals surface area contributed by atoms with E-state index in [0.717, 1.165) is 35.6 Å². The highest BCUT2D eigenvalue weighted by molar-refractivity contribution is 4.89. The fraction of sp³-hybridized carbons (Fsp3) is 1.00. The van der Waals surface area contributed by atoms with Crippen molar-refractivity contribution in [1.29, 1.82) is 0 Å². The number of hydrogen-bond acceptors (Lipinski definition) is 2. The molecule has 2 heteroatoms. The van der Waals surface area contributed by atoms with Gasteiger partial charge in [0.25, 0.3) is 0 Å². The van der Waals surface area contributed by atoms with Crippen molar-refractivity contribution in [1.82, 2.24) is 9.80 Å². The zero-order valence-corrected chi connectivity index (χ0v) is 16.1. The van der Waals surface area contributed by atoms with Crippen molar-refractivity contribution < 1.29 is 0 Å². The first-order chi connectivity index (χ1) is 11.0. The Hall–Kier alpha value is -0.0800. The van der Waals surface area contributed by atoms with Crippen LogP contribution in [0.25, 0.3) is 0 Å². The monoisotopic (exact) mass is 320 g/mol. The maximum atomic E-state index is 2.80. The van der Waals surface area contributed by atoms with Gasteiger partial charge in [-0.25, -0.2) is 0 Å². The van der Waals surface area contributed by atoms with Crippen LogP contribution in [0.1, 0.15) is 66.2 Å². The summed E-state index contributed by atoms with van der Waals surface area (Å²) in [5, 5.41) is 0. The van der Waals surface area contributed by atoms with Gasteiger partial charge in [-0.3, -0.25) is 0 Å². The third kappa shape index (κ3) is 4.51. The first kappa shape index (κ1) is 17.7. The van der Waals surface area contributed by atoms with Crippen molar-refractivity contribution in [2.75, 3.05) is 32.7 Å². The van der Waals surface area contributed by atoms with Crippen LogP contribution >= 0.6 is 0 Å². The van der Waals surface area contributed by atoms with Gasteiger partial charge in [0.1, 0.15) is 0 Å². The molecule has 0 atom stereocenters. The normalized spacial score (nSPS) is 32.6. The summed E-state index contributed by atoms with van der Waals surface area (Å²) in [7, 11) is 0. The van der Waals surface area contributed by atoms with Gasteiger partial charge in [0, 0.05) is 12.6 Å². The Bertz CT molecular complexity index is 343. The molecule has 0 spiro atoms. The maximum absolute atomic E-state index is 2.80. The molecule has 2 nitrogen and oxygen atoms in total. The molecule has 1 aliphatic carbocycles. The molecule has 0 radical (unpaired) electrons. The smallest absolute Gasteiger partial charge is 0.00385 e. The average Bonchev–Trinajstić information content (AvgIpc) is 2.47. The number of piperidine rings is 2. The molecule has 0 aromatic rings. The van der Waals surface area contributed by atoms with Crippen molar-refractivity contribution in [2.24, 2.45) is 29.6 Å². The zero-order valence-electron chi connectivity index (χ0n) is 16.1. The van der Waals surface area contributed by atoms with Crippen LogP contribution in [0.4, 0.5) is 0 Å². The van der Waals surface area contributed by atoms with Crippen LogP contribution in [-0.4, -0.2) is 48.6 Å². The lowest BCUT2D eigenvalue weighted by molar-refractivity contribution is 0.0398. The van der Waals surface area contributed by atoms with Crippen molar-refractivity contribution in [2.45, 2.75) is 72.3 Å². The van der Waals surface area contributed by atoms with Gasteiger partial charge in [0.05, 0.1) is 0 Å². The van der Waals surface area contributed by atoms with Crippen LogP contribution in [0.15, 0.2) is 0 Å². The lowest BCUT2D eigenvalue weighted by atomic mass is 9.63. The highest BCUT2D eigenvalue weighted by atomic mass is 15.2. The molecule has 1 saturated carbocycles. The molecule has 0 aromatic heterocycles. The second-order valence-corrected chi connectivity index (χ2v) is 9.45. The van der Waals surface area contributed by atoms with E-state index in [1.807, 2.05) is 0 Å². The Morgan fingerprint density at radius 1 is 0.783 bits per heavy atom. The highest BCUT2D eigenvalue weighted by Gasteiger charge is 2.37. The molecule has 23 heavy (non-hydrogen) atoms. The van der Waals surface area contributed by atoms with E-state index in [0.29, 0.717) is 0 Å². The number of rotatable bonds is 5. The molecule has 134 valence electrons. The Kier molecular flexibility index (Phi) is 6.07. The molecule has 2 heterocycles. The first-order valence-corrected chi connectivity index (χ1v) is 10.5. The van der Waals surface area contributed by atoms with Crippen LogP contribution in [0.2, 0.25) is 0 Å². The second-order valence-electron chi connectivity index (χ2n) is 9.45. The topological polar surface area (TPSA) is 6.48 Å². The summed E-state index contributed by atoms with van der Waals surface area (Å²) >= 11 is 0. The Morgan fingerprint density at radius 3 is 1.91 bits per heavy atom. The lowest BCUT2D eigenvalue weighted by Gasteiger charge is -2.46. The lowest BCUT2D eigenvalue weighted by Crippen LogP contribution is -2.45. The van der Waals surface area contributed by atoms with E-state index in [4.69, 9.17) is 0 Å². The number of hydrogen-bond donors (Lipinski definition) is 0. The molecule has 2 saturated heterocycles. The molecule has 0 amide bonds. The molecule has 2 aliphatic heterocycles. The minimum absolute atomic E-state index is 0.740. The molecular weight excluding hydrogens is 280 g/mol. The second kappa shape index (κ2) is 7.87. The summed E-state index contributed by atoms with van der Waals surface area (Å²) in [6.45, 7) is 16.3. The van der Waals surface area contributed by atoms with Crippen molar-refractivity contribution >= 4 is 0 Å². The predicted molar refractivity (Wildman–Crippen MR) is 99.6 cm³/mol. The SMILES string of the molecule is CC(C)C1CC(C2CCN(CC3CCN(C(C)C)CC3)CC2)C1. The molecule has 0 unspecified atom stereocenters. The summed E-state index contributed by atoms with van der Waals surface area (Å²) in [6.07, 6.45) is 8.90. The average molecular weight is 321 g/mol. The fourth-order valence-corrected chi connectivity index (χ4v) is 5.26. The van der Waals surface area contributed by atoms with E-state index in [9.17, 15) is 0 Å². The summed E-state index contributed by atoms with van der Waals surface area (Å²) in [6, 6.07) is 0.740. The predicted octanol–water partition coefficient (Wildman–Crippen LogP) is 4.50. The van der Waals surface area contributed by atoms with E-state index in [-0.39, 0.29) is 0 Å². The summed E-state index contributed by atoms with van der Waals surface area (Å²) in [4.78, 5) is 5.45. The molecule has 3 aliphatic rings. The van der Waals surface area contributed by atoms with E-state index in [1.165, 1.54) is 71.2 Å². The van der Waals surface area contributed by atoms with Crippen LogP contribution in [0, 0.1) is 29.6 Å². The van der Waals surface area contributed by atoms with Gasteiger partial charge in [0.15, 0.2) is 0 Å². The maximum Gasteiger partial charge on any atom is 0.00385 e. The van der Waals surface area contributed by atoms with E-state index >= 15 is 0 Å². The van der Waals surface area contributed by atoms with Crippen molar-refractivity contribution in [3.05, 3.63) is 0 Å². The Labute approximate surface area is 145 Å². The highest BCUT2D eigenvalue weighted by Crippen LogP contribution is 2.45. The standard InChI is InChI=1S/C21H40N2/c1-16(2)20-13-21(14-20)19-7-9-22(10-8-19)15-18-5-11-23(12-6-18)17(3)4/h16-21H,5-15H2,1-4H3. The Morgan fingerprint density at radius 2 is 1.39 bits per heavy atom. The van der Waals surface area contributed by atoms with E-state index < -0.39 is 0 Å². The van der Waals surface area contributed by atoms with Gasteiger partial charge in [-0.1, -0.05) is 13.8 Å². The first-order valence-electron chi connectivity index (χ1n) is 10.5.